The van der Waals surface area contributed by atoms with Gasteiger partial charge in [0.2, 0.25) is 0 Å². The summed E-state index contributed by atoms with van der Waals surface area (Å²) in [6.45, 7) is 0. The molecule has 0 spiro atoms. The van der Waals surface area contributed by atoms with Gasteiger partial charge in [-0.2, -0.15) is 0 Å². The summed E-state index contributed by atoms with van der Waals surface area (Å²) in [4.78, 5) is 4.64. The molecule has 0 amide bonds. The molecule has 0 unspecified atom stereocenters. The fourth-order valence-electron chi connectivity index (χ4n) is 9.13. The minimum Gasteiger partial charge on any atom is -0.315 e. The summed E-state index contributed by atoms with van der Waals surface area (Å²) >= 11 is 0. The molecule has 2 aromatic heterocycles. The van der Waals surface area contributed by atoms with E-state index in [2.05, 4.69) is 287 Å². The molecule has 0 aliphatic heterocycles. The Labute approximate surface area is 381 Å². The van der Waals surface area contributed by atoms with Crippen molar-refractivity contribution in [3.05, 3.63) is 273 Å². The molecule has 0 saturated carbocycles. The maximum absolute atomic E-state index is 2.35. The zero-order valence-corrected chi connectivity index (χ0v) is 35.8. The van der Waals surface area contributed by atoms with Gasteiger partial charge in [0.1, 0.15) is 0 Å². The van der Waals surface area contributed by atoms with Crippen LogP contribution in [0.15, 0.2) is 273 Å². The molecule has 0 aliphatic rings. The van der Waals surface area contributed by atoms with Crippen LogP contribution >= 0.6 is 0 Å². The monoisotopic (exact) mass is 831 g/mol. The van der Waals surface area contributed by atoms with Crippen molar-refractivity contribution in [1.29, 1.82) is 0 Å². The molecule has 308 valence electrons. The first-order chi connectivity index (χ1) is 32.3. The van der Waals surface area contributed by atoms with Crippen LogP contribution in [0.4, 0.5) is 34.1 Å². The van der Waals surface area contributed by atoms with Crippen LogP contribution in [0.25, 0.3) is 61.3 Å². The highest BCUT2D eigenvalue weighted by molar-refractivity contribution is 6.03. The summed E-state index contributed by atoms with van der Waals surface area (Å²) in [5.41, 5.74) is 19.7. The Morgan fingerprint density at radius 2 is 0.508 bits per heavy atom. The molecule has 0 saturated heterocycles. The highest BCUT2D eigenvalue weighted by Gasteiger charge is 2.22. The van der Waals surface area contributed by atoms with Crippen LogP contribution in [0.1, 0.15) is 0 Å². The third-order valence-electron chi connectivity index (χ3n) is 12.2. The SMILES string of the molecule is c1ccc(-c2ccc(N(c3ccc(-c4ccc(-c5c(-c6ccccc6)c(-c6ccccc6)c6ccccn56)cc4)cc3)c3ccc(N(c4ccccc4)c4ccccc4)cc3)cc2)cc1. The second kappa shape index (κ2) is 17.6. The van der Waals surface area contributed by atoms with E-state index >= 15 is 0 Å². The van der Waals surface area contributed by atoms with Gasteiger partial charge in [0.25, 0.3) is 0 Å². The average Bonchev–Trinajstić information content (AvgIpc) is 3.74. The van der Waals surface area contributed by atoms with Crippen molar-refractivity contribution in [1.82, 2.24) is 4.40 Å². The standard InChI is InChI=1S/C62H45N3/c1-6-18-46(19-7-1)48-33-37-55(38-34-48)65(58-43-41-57(42-44-58)64(53-24-12-4-13-25-53)54-26-14-5-15-27-54)56-39-35-49(36-40-56)47-29-31-52(32-30-47)62-61(51-22-10-3-11-23-51)60(50-20-8-2-9-21-50)59-28-16-17-45-63(59)62/h1-45H. The van der Waals surface area contributed by atoms with Crippen LogP contribution in [-0.4, -0.2) is 4.40 Å². The minimum absolute atomic E-state index is 1.07. The molecule has 11 aromatic rings. The molecular weight excluding hydrogens is 787 g/mol. The lowest BCUT2D eigenvalue weighted by Gasteiger charge is -2.28. The Kier molecular flexibility index (Phi) is 10.6. The van der Waals surface area contributed by atoms with E-state index in [1.807, 2.05) is 0 Å². The fraction of sp³-hybridized carbons (Fsp3) is 0. The number of benzene rings is 9. The van der Waals surface area contributed by atoms with Crippen molar-refractivity contribution in [2.75, 3.05) is 9.80 Å². The molecule has 0 atom stereocenters. The predicted octanol–water partition coefficient (Wildman–Crippen LogP) is 17.2. The van der Waals surface area contributed by atoms with E-state index in [4.69, 9.17) is 0 Å². The van der Waals surface area contributed by atoms with Gasteiger partial charge in [0, 0.05) is 51.4 Å². The Morgan fingerprint density at radius 3 is 0.938 bits per heavy atom. The third kappa shape index (κ3) is 7.77. The molecule has 3 nitrogen and oxygen atoms in total. The fourth-order valence-corrected chi connectivity index (χ4v) is 9.13. The quantitative estimate of drug-likeness (QED) is 0.129. The number of nitrogens with zero attached hydrogens (tertiary/aromatic N) is 3. The maximum Gasteiger partial charge on any atom is 0.0613 e. The number of fused-ring (bicyclic) bond motifs is 1. The van der Waals surface area contributed by atoms with E-state index in [1.165, 1.54) is 50.2 Å². The van der Waals surface area contributed by atoms with Gasteiger partial charge in [-0.1, -0.05) is 182 Å². The second-order valence-corrected chi connectivity index (χ2v) is 16.2. The molecule has 0 radical (unpaired) electrons. The van der Waals surface area contributed by atoms with Gasteiger partial charge in [0.05, 0.1) is 11.2 Å². The van der Waals surface area contributed by atoms with Gasteiger partial charge in [-0.05, 0) is 124 Å². The van der Waals surface area contributed by atoms with Crippen molar-refractivity contribution in [3.63, 3.8) is 0 Å². The van der Waals surface area contributed by atoms with Gasteiger partial charge >= 0.3 is 0 Å². The Balaban J connectivity index is 0.954. The first kappa shape index (κ1) is 39.2. The number of aromatic nitrogens is 1. The topological polar surface area (TPSA) is 10.9 Å². The van der Waals surface area contributed by atoms with Gasteiger partial charge in [-0.25, -0.2) is 0 Å². The van der Waals surface area contributed by atoms with E-state index in [0.717, 1.165) is 45.3 Å². The van der Waals surface area contributed by atoms with Crippen LogP contribution in [0.2, 0.25) is 0 Å². The van der Waals surface area contributed by atoms with Crippen molar-refractivity contribution in [2.45, 2.75) is 0 Å². The number of rotatable bonds is 11. The van der Waals surface area contributed by atoms with Crippen LogP contribution in [0, 0.1) is 0 Å². The first-order valence-corrected chi connectivity index (χ1v) is 22.2. The molecule has 9 aromatic carbocycles. The lowest BCUT2D eigenvalue weighted by Crippen LogP contribution is -2.12. The zero-order chi connectivity index (χ0) is 43.4. The van der Waals surface area contributed by atoms with E-state index in [0.29, 0.717) is 0 Å². The van der Waals surface area contributed by atoms with Crippen molar-refractivity contribution < 1.29 is 0 Å². The largest absolute Gasteiger partial charge is 0.315 e. The van der Waals surface area contributed by atoms with Crippen LogP contribution in [0.5, 0.6) is 0 Å². The number of para-hydroxylation sites is 2. The molecule has 2 heterocycles. The highest BCUT2D eigenvalue weighted by Crippen LogP contribution is 2.45. The van der Waals surface area contributed by atoms with Crippen LogP contribution in [0.3, 0.4) is 0 Å². The molecular formula is C62H45N3. The van der Waals surface area contributed by atoms with Crippen molar-refractivity contribution >= 4 is 39.6 Å². The maximum atomic E-state index is 2.35. The smallest absolute Gasteiger partial charge is 0.0613 e. The zero-order valence-electron chi connectivity index (χ0n) is 35.8. The van der Waals surface area contributed by atoms with Crippen LogP contribution in [-0.2, 0) is 0 Å². The number of hydrogen-bond acceptors (Lipinski definition) is 2. The summed E-state index contributed by atoms with van der Waals surface area (Å²) in [5, 5.41) is 0. The normalized spacial score (nSPS) is 11.1. The van der Waals surface area contributed by atoms with E-state index < -0.39 is 0 Å². The molecule has 0 N–H and O–H groups in total. The average molecular weight is 832 g/mol. The second-order valence-electron chi connectivity index (χ2n) is 16.2. The number of anilines is 6. The third-order valence-corrected chi connectivity index (χ3v) is 12.2. The van der Waals surface area contributed by atoms with Gasteiger partial charge in [0.15, 0.2) is 0 Å². The summed E-state index contributed by atoms with van der Waals surface area (Å²) in [6, 6.07) is 95.5. The summed E-state index contributed by atoms with van der Waals surface area (Å²) in [7, 11) is 0. The lowest BCUT2D eigenvalue weighted by molar-refractivity contribution is 1.20. The Hall–Kier alpha value is -8.66. The number of pyridine rings is 1. The van der Waals surface area contributed by atoms with Gasteiger partial charge in [-0.15, -0.1) is 0 Å². The molecule has 3 heteroatoms. The first-order valence-electron chi connectivity index (χ1n) is 22.2. The molecule has 65 heavy (non-hydrogen) atoms. The Bertz CT molecular complexity index is 3250. The summed E-state index contributed by atoms with van der Waals surface area (Å²) in [5.74, 6) is 0. The molecule has 0 aliphatic carbocycles. The molecule has 0 bridgehead atoms. The van der Waals surface area contributed by atoms with Crippen molar-refractivity contribution in [2.24, 2.45) is 0 Å². The van der Waals surface area contributed by atoms with Gasteiger partial charge < -0.3 is 14.2 Å². The van der Waals surface area contributed by atoms with Crippen LogP contribution < -0.4 is 9.80 Å². The number of hydrogen-bond donors (Lipinski definition) is 0. The Morgan fingerprint density at radius 1 is 0.215 bits per heavy atom. The van der Waals surface area contributed by atoms with E-state index in [1.54, 1.807) is 0 Å². The minimum atomic E-state index is 1.07. The van der Waals surface area contributed by atoms with E-state index in [9.17, 15) is 0 Å². The predicted molar refractivity (Wildman–Crippen MR) is 274 cm³/mol. The highest BCUT2D eigenvalue weighted by atomic mass is 15.2. The molecule has 0 fully saturated rings. The van der Waals surface area contributed by atoms with E-state index in [-0.39, 0.29) is 0 Å². The lowest BCUT2D eigenvalue weighted by atomic mass is 9.93. The van der Waals surface area contributed by atoms with Crippen molar-refractivity contribution in [3.8, 4) is 55.8 Å². The van der Waals surface area contributed by atoms with Gasteiger partial charge in [-0.3, -0.25) is 0 Å². The molecule has 11 rings (SSSR count). The summed E-state index contributed by atoms with van der Waals surface area (Å²) < 4.78 is 2.35. The summed E-state index contributed by atoms with van der Waals surface area (Å²) in [6.07, 6.45) is 2.19.